The topological polar surface area (TPSA) is 58.6 Å². The van der Waals surface area contributed by atoms with Crippen molar-refractivity contribution >= 4 is 11.9 Å². The molecule has 16 heavy (non-hydrogen) atoms. The summed E-state index contributed by atoms with van der Waals surface area (Å²) in [4.78, 5) is 24.4. The highest BCUT2D eigenvalue weighted by atomic mass is 16.5. The van der Waals surface area contributed by atoms with E-state index >= 15 is 0 Å². The van der Waals surface area contributed by atoms with Crippen LogP contribution in [-0.2, 0) is 14.3 Å². The maximum atomic E-state index is 11.9. The summed E-state index contributed by atoms with van der Waals surface area (Å²) in [6.45, 7) is 4.21. The Labute approximate surface area is 97.1 Å². The van der Waals surface area contributed by atoms with Gasteiger partial charge in [0.05, 0.1) is 12.6 Å². The molecule has 0 unspecified atom stereocenters. The minimum absolute atomic E-state index is 0.0138. The molecule has 0 aliphatic heterocycles. The molecule has 0 aliphatic rings. The van der Waals surface area contributed by atoms with E-state index in [1.165, 1.54) is 7.11 Å². The summed E-state index contributed by atoms with van der Waals surface area (Å²) >= 11 is 0. The van der Waals surface area contributed by atoms with Crippen molar-refractivity contribution in [2.24, 2.45) is 0 Å². The number of carbonyl (C=O) groups is 2. The van der Waals surface area contributed by atoms with Gasteiger partial charge in [0.1, 0.15) is 0 Å². The second-order valence-electron chi connectivity index (χ2n) is 4.28. The summed E-state index contributed by atoms with van der Waals surface area (Å²) in [5, 5.41) is 2.95. The molecule has 0 saturated carbocycles. The van der Waals surface area contributed by atoms with Gasteiger partial charge in [0.15, 0.2) is 0 Å². The predicted molar refractivity (Wildman–Crippen MR) is 62.0 cm³/mol. The molecular formula is C11H22N2O3. The van der Waals surface area contributed by atoms with E-state index in [4.69, 9.17) is 0 Å². The van der Waals surface area contributed by atoms with Crippen LogP contribution in [0.15, 0.2) is 0 Å². The number of nitrogens with one attached hydrogen (secondary N) is 1. The van der Waals surface area contributed by atoms with E-state index in [9.17, 15) is 9.59 Å². The van der Waals surface area contributed by atoms with Gasteiger partial charge >= 0.3 is 5.97 Å². The quantitative estimate of drug-likeness (QED) is 0.671. The molecule has 94 valence electrons. The lowest BCUT2D eigenvalue weighted by molar-refractivity contribution is -0.141. The highest BCUT2D eigenvalue weighted by molar-refractivity contribution is 5.85. The van der Waals surface area contributed by atoms with Crippen molar-refractivity contribution in [3.63, 3.8) is 0 Å². The lowest BCUT2D eigenvalue weighted by Crippen LogP contribution is -2.51. The Kier molecular flexibility index (Phi) is 6.03. The molecule has 5 nitrogen and oxygen atoms in total. The van der Waals surface area contributed by atoms with Crippen molar-refractivity contribution in [3.05, 3.63) is 0 Å². The van der Waals surface area contributed by atoms with E-state index in [-0.39, 0.29) is 11.9 Å². The Morgan fingerprint density at radius 2 is 1.94 bits per heavy atom. The Morgan fingerprint density at radius 3 is 2.38 bits per heavy atom. The van der Waals surface area contributed by atoms with Crippen LogP contribution in [0.2, 0.25) is 0 Å². The van der Waals surface area contributed by atoms with Crippen molar-refractivity contribution < 1.29 is 14.3 Å². The summed E-state index contributed by atoms with van der Waals surface area (Å²) in [6, 6.07) is 0. The number of hydrogen-bond acceptors (Lipinski definition) is 4. The molecule has 0 radical (unpaired) electrons. The van der Waals surface area contributed by atoms with Gasteiger partial charge in [0.25, 0.3) is 0 Å². The average Bonchev–Trinajstić information content (AvgIpc) is 2.27. The molecule has 0 aliphatic carbocycles. The largest absolute Gasteiger partial charge is 0.469 e. The maximum absolute atomic E-state index is 11.9. The van der Waals surface area contributed by atoms with Crippen molar-refractivity contribution in [1.29, 1.82) is 0 Å². The average molecular weight is 230 g/mol. The molecule has 0 bridgehead atoms. The summed E-state index contributed by atoms with van der Waals surface area (Å²) in [6.07, 6.45) is 0.961. The van der Waals surface area contributed by atoms with E-state index in [1.54, 1.807) is 19.0 Å². The Balaban J connectivity index is 4.02. The molecular weight excluding hydrogens is 208 g/mol. The highest BCUT2D eigenvalue weighted by Crippen LogP contribution is 2.06. The zero-order valence-corrected chi connectivity index (χ0v) is 10.8. The van der Waals surface area contributed by atoms with Gasteiger partial charge in [0.2, 0.25) is 5.91 Å². The number of esters is 1. The molecule has 0 heterocycles. The van der Waals surface area contributed by atoms with Crippen LogP contribution in [0.1, 0.15) is 26.7 Å². The Morgan fingerprint density at radius 1 is 1.38 bits per heavy atom. The monoisotopic (exact) mass is 230 g/mol. The first-order valence-corrected chi connectivity index (χ1v) is 5.36. The molecule has 1 amide bonds. The number of ether oxygens (including phenoxy) is 1. The first kappa shape index (κ1) is 14.9. The molecule has 0 aromatic carbocycles. The third kappa shape index (κ3) is 4.61. The number of hydrogen-bond donors (Lipinski definition) is 1. The highest BCUT2D eigenvalue weighted by Gasteiger charge is 2.28. The van der Waals surface area contributed by atoms with Crippen molar-refractivity contribution in [3.8, 4) is 0 Å². The first-order valence-electron chi connectivity index (χ1n) is 5.36. The molecule has 0 fully saturated rings. The van der Waals surface area contributed by atoms with Crippen LogP contribution in [0, 0.1) is 0 Å². The third-order valence-electron chi connectivity index (χ3n) is 2.61. The zero-order chi connectivity index (χ0) is 12.8. The normalized spacial score (nSPS) is 11.1. The lowest BCUT2D eigenvalue weighted by atomic mass is 10.0. The molecule has 0 atom stereocenters. The van der Waals surface area contributed by atoms with Crippen LogP contribution in [0.25, 0.3) is 0 Å². The van der Waals surface area contributed by atoms with Crippen LogP contribution in [0.4, 0.5) is 0 Å². The van der Waals surface area contributed by atoms with Crippen LogP contribution < -0.4 is 5.32 Å². The maximum Gasteiger partial charge on any atom is 0.305 e. The lowest BCUT2D eigenvalue weighted by Gasteiger charge is -2.28. The molecule has 0 aromatic rings. The molecule has 5 heteroatoms. The van der Waals surface area contributed by atoms with Gasteiger partial charge in [-0.05, 0) is 27.3 Å². The smallest absolute Gasteiger partial charge is 0.305 e. The summed E-state index contributed by atoms with van der Waals surface area (Å²) < 4.78 is 4.53. The fourth-order valence-corrected chi connectivity index (χ4v) is 1.25. The SMILES string of the molecule is CNC(C)(C)C(=O)N(C)CCCC(=O)OC. The van der Waals surface area contributed by atoms with Gasteiger partial charge in [-0.25, -0.2) is 0 Å². The number of methoxy groups -OCH3 is 1. The van der Waals surface area contributed by atoms with Crippen molar-refractivity contribution in [1.82, 2.24) is 10.2 Å². The zero-order valence-electron chi connectivity index (χ0n) is 10.8. The third-order valence-corrected chi connectivity index (χ3v) is 2.61. The van der Waals surface area contributed by atoms with E-state index in [0.717, 1.165) is 0 Å². The fraction of sp³-hybridized carbons (Fsp3) is 0.818. The summed E-state index contributed by atoms with van der Waals surface area (Å²) in [5.41, 5.74) is -0.569. The number of amides is 1. The molecule has 0 spiro atoms. The van der Waals surface area contributed by atoms with E-state index < -0.39 is 5.54 Å². The van der Waals surface area contributed by atoms with Gasteiger partial charge in [0, 0.05) is 20.0 Å². The Bertz CT molecular complexity index is 252. The van der Waals surface area contributed by atoms with Crippen LogP contribution in [0.3, 0.4) is 0 Å². The first-order chi connectivity index (χ1) is 7.35. The van der Waals surface area contributed by atoms with Gasteiger partial charge in [-0.3, -0.25) is 9.59 Å². The van der Waals surface area contributed by atoms with Gasteiger partial charge in [-0.2, -0.15) is 0 Å². The second kappa shape index (κ2) is 6.48. The van der Waals surface area contributed by atoms with E-state index in [0.29, 0.717) is 19.4 Å². The van der Waals surface area contributed by atoms with Gasteiger partial charge < -0.3 is 15.0 Å². The van der Waals surface area contributed by atoms with E-state index in [1.807, 2.05) is 13.8 Å². The number of nitrogens with zero attached hydrogens (tertiary/aromatic N) is 1. The second-order valence-corrected chi connectivity index (χ2v) is 4.28. The van der Waals surface area contributed by atoms with Crippen LogP contribution in [-0.4, -0.2) is 50.1 Å². The van der Waals surface area contributed by atoms with Crippen molar-refractivity contribution in [2.45, 2.75) is 32.2 Å². The number of carbonyl (C=O) groups excluding carboxylic acids is 2. The van der Waals surface area contributed by atoms with Crippen LogP contribution in [0.5, 0.6) is 0 Å². The Hall–Kier alpha value is -1.10. The predicted octanol–water partition coefficient (Wildman–Crippen LogP) is 0.396. The fourth-order valence-electron chi connectivity index (χ4n) is 1.25. The van der Waals surface area contributed by atoms with E-state index in [2.05, 4.69) is 10.1 Å². The summed E-state index contributed by atoms with van der Waals surface area (Å²) in [7, 11) is 4.85. The summed E-state index contributed by atoms with van der Waals surface area (Å²) in [5.74, 6) is -0.228. The molecule has 0 saturated heterocycles. The number of rotatable bonds is 6. The van der Waals surface area contributed by atoms with Crippen LogP contribution >= 0.6 is 0 Å². The molecule has 0 aromatic heterocycles. The number of likely N-dealkylation sites (N-methyl/N-ethyl adjacent to an activating group) is 2. The minimum atomic E-state index is -0.569. The molecule has 0 rings (SSSR count). The van der Waals surface area contributed by atoms with Gasteiger partial charge in [-0.15, -0.1) is 0 Å². The van der Waals surface area contributed by atoms with Gasteiger partial charge in [-0.1, -0.05) is 0 Å². The van der Waals surface area contributed by atoms with Crippen molar-refractivity contribution in [2.75, 3.05) is 27.7 Å². The molecule has 1 N–H and O–H groups in total. The minimum Gasteiger partial charge on any atom is -0.469 e. The standard InChI is InChI=1S/C11H22N2O3/c1-11(2,12-3)10(15)13(4)8-6-7-9(14)16-5/h12H,6-8H2,1-5H3.